The van der Waals surface area contributed by atoms with Gasteiger partial charge in [-0.1, -0.05) is 24.9 Å². The molecule has 0 spiro atoms. The number of hydrogen-bond acceptors (Lipinski definition) is 3. The average molecular weight is 282 g/mol. The lowest BCUT2D eigenvalue weighted by atomic mass is 9.89. The summed E-state index contributed by atoms with van der Waals surface area (Å²) >= 11 is 5.99. The van der Waals surface area contributed by atoms with Gasteiger partial charge in [0.15, 0.2) is 0 Å². The maximum atomic E-state index is 10.2. The van der Waals surface area contributed by atoms with Crippen LogP contribution in [-0.4, -0.2) is 41.3 Å². The summed E-state index contributed by atoms with van der Waals surface area (Å²) in [5.74, 6) is 0.957. The summed E-state index contributed by atoms with van der Waals surface area (Å²) < 4.78 is 5.91. The van der Waals surface area contributed by atoms with Crippen LogP contribution in [0.4, 0.5) is 0 Å². The largest absolute Gasteiger partial charge is 0.488 e. The third-order valence-corrected chi connectivity index (χ3v) is 4.21. The van der Waals surface area contributed by atoms with Crippen molar-refractivity contribution in [3.8, 4) is 5.75 Å². The van der Waals surface area contributed by atoms with Crippen LogP contribution >= 0.6 is 11.6 Å². The predicted octanol–water partition coefficient (Wildman–Crippen LogP) is 2.49. The first kappa shape index (κ1) is 13.2. The first-order valence-electron chi connectivity index (χ1n) is 6.98. The van der Waals surface area contributed by atoms with E-state index in [0.717, 1.165) is 49.7 Å². The van der Waals surface area contributed by atoms with E-state index in [4.69, 9.17) is 16.3 Å². The molecule has 104 valence electrons. The van der Waals surface area contributed by atoms with Gasteiger partial charge in [0.05, 0.1) is 5.60 Å². The number of fused-ring (bicyclic) bond motifs is 1. The standard InChI is InChI=1S/C15H20ClNO2/c1-2-5-15(18)9-17(10-15)8-13-7-11-6-12(16)3-4-14(11)19-13/h3-4,6,13,18H,2,5,7-10H2,1H3. The summed E-state index contributed by atoms with van der Waals surface area (Å²) in [6, 6.07) is 5.80. The second-order valence-corrected chi connectivity index (χ2v) is 6.28. The van der Waals surface area contributed by atoms with Crippen molar-refractivity contribution >= 4 is 11.6 Å². The molecule has 1 aromatic carbocycles. The van der Waals surface area contributed by atoms with Gasteiger partial charge in [0.2, 0.25) is 0 Å². The molecule has 1 atom stereocenters. The van der Waals surface area contributed by atoms with Crippen LogP contribution < -0.4 is 4.74 Å². The molecule has 0 bridgehead atoms. The number of ether oxygens (including phenoxy) is 1. The first-order valence-corrected chi connectivity index (χ1v) is 7.35. The molecule has 0 aliphatic carbocycles. The molecular formula is C15H20ClNO2. The summed E-state index contributed by atoms with van der Waals surface area (Å²) in [7, 11) is 0. The van der Waals surface area contributed by atoms with Crippen molar-refractivity contribution in [2.24, 2.45) is 0 Å². The lowest BCUT2D eigenvalue weighted by molar-refractivity contribution is -0.110. The molecule has 19 heavy (non-hydrogen) atoms. The molecule has 1 saturated heterocycles. The van der Waals surface area contributed by atoms with Crippen LogP contribution in [0.1, 0.15) is 25.3 Å². The number of rotatable bonds is 4. The molecule has 1 aromatic rings. The topological polar surface area (TPSA) is 32.7 Å². The van der Waals surface area contributed by atoms with E-state index in [-0.39, 0.29) is 6.10 Å². The van der Waals surface area contributed by atoms with Gasteiger partial charge in [-0.3, -0.25) is 4.90 Å². The maximum Gasteiger partial charge on any atom is 0.123 e. The molecule has 3 nitrogen and oxygen atoms in total. The van der Waals surface area contributed by atoms with Crippen molar-refractivity contribution in [2.75, 3.05) is 19.6 Å². The molecule has 1 fully saturated rings. The fourth-order valence-corrected chi connectivity index (χ4v) is 3.41. The molecule has 0 saturated carbocycles. The molecule has 2 aliphatic heterocycles. The van der Waals surface area contributed by atoms with E-state index in [0.29, 0.717) is 0 Å². The van der Waals surface area contributed by atoms with E-state index >= 15 is 0 Å². The molecule has 0 radical (unpaired) electrons. The van der Waals surface area contributed by atoms with Gasteiger partial charge in [0.25, 0.3) is 0 Å². The number of benzene rings is 1. The number of halogens is 1. The maximum absolute atomic E-state index is 10.2. The quantitative estimate of drug-likeness (QED) is 0.920. The fourth-order valence-electron chi connectivity index (χ4n) is 3.22. The minimum Gasteiger partial charge on any atom is -0.488 e. The predicted molar refractivity (Wildman–Crippen MR) is 75.9 cm³/mol. The van der Waals surface area contributed by atoms with Crippen LogP contribution in [0, 0.1) is 0 Å². The number of likely N-dealkylation sites (tertiary alicyclic amines) is 1. The Bertz CT molecular complexity index is 471. The third kappa shape index (κ3) is 2.73. The number of β-amino-alcohol motifs (C(OH)–C–C–N with tert-alkyl or cyclic N) is 1. The van der Waals surface area contributed by atoms with Gasteiger partial charge >= 0.3 is 0 Å². The van der Waals surface area contributed by atoms with Crippen LogP contribution in [0.3, 0.4) is 0 Å². The SMILES string of the molecule is CCCC1(O)CN(CC2Cc3cc(Cl)ccc3O2)C1. The zero-order valence-corrected chi connectivity index (χ0v) is 12.0. The van der Waals surface area contributed by atoms with Gasteiger partial charge < -0.3 is 9.84 Å². The third-order valence-electron chi connectivity index (χ3n) is 3.98. The second-order valence-electron chi connectivity index (χ2n) is 5.84. The molecule has 1 unspecified atom stereocenters. The van der Waals surface area contributed by atoms with E-state index in [2.05, 4.69) is 11.8 Å². The highest BCUT2D eigenvalue weighted by molar-refractivity contribution is 6.30. The van der Waals surface area contributed by atoms with Gasteiger partial charge in [0.1, 0.15) is 11.9 Å². The molecule has 2 heterocycles. The highest BCUT2D eigenvalue weighted by atomic mass is 35.5. The lowest BCUT2D eigenvalue weighted by Gasteiger charge is -2.47. The van der Waals surface area contributed by atoms with Crippen molar-refractivity contribution < 1.29 is 9.84 Å². The van der Waals surface area contributed by atoms with E-state index in [1.165, 1.54) is 5.56 Å². The smallest absolute Gasteiger partial charge is 0.123 e. The van der Waals surface area contributed by atoms with E-state index < -0.39 is 5.60 Å². The van der Waals surface area contributed by atoms with E-state index in [9.17, 15) is 5.11 Å². The number of hydrogen-bond donors (Lipinski definition) is 1. The second kappa shape index (κ2) is 4.97. The summed E-state index contributed by atoms with van der Waals surface area (Å²) in [4.78, 5) is 2.27. The first-order chi connectivity index (χ1) is 9.08. The van der Waals surface area contributed by atoms with Gasteiger partial charge in [-0.05, 0) is 30.2 Å². The number of nitrogens with zero attached hydrogens (tertiary/aromatic N) is 1. The molecule has 1 N–H and O–H groups in total. The van der Waals surface area contributed by atoms with E-state index in [1.807, 2.05) is 18.2 Å². The van der Waals surface area contributed by atoms with Gasteiger partial charge in [0, 0.05) is 31.1 Å². The highest BCUT2D eigenvalue weighted by Gasteiger charge is 2.41. The highest BCUT2D eigenvalue weighted by Crippen LogP contribution is 2.33. The summed E-state index contributed by atoms with van der Waals surface area (Å²) in [5, 5.41) is 10.9. The Hall–Kier alpha value is -0.770. The van der Waals surface area contributed by atoms with Crippen LogP contribution in [0.2, 0.25) is 5.02 Å². The van der Waals surface area contributed by atoms with Crippen LogP contribution in [0.5, 0.6) is 5.75 Å². The lowest BCUT2D eigenvalue weighted by Crippen LogP contribution is -2.63. The fraction of sp³-hybridized carbons (Fsp3) is 0.600. The van der Waals surface area contributed by atoms with Gasteiger partial charge in [-0.25, -0.2) is 0 Å². The number of aliphatic hydroxyl groups is 1. The average Bonchev–Trinajstić information content (AvgIpc) is 2.68. The van der Waals surface area contributed by atoms with Gasteiger partial charge in [-0.2, -0.15) is 0 Å². The molecule has 3 rings (SSSR count). The Morgan fingerprint density at radius 3 is 3.00 bits per heavy atom. The van der Waals surface area contributed by atoms with Crippen molar-refractivity contribution in [1.82, 2.24) is 4.90 Å². The summed E-state index contributed by atoms with van der Waals surface area (Å²) in [5.41, 5.74) is 0.741. The summed E-state index contributed by atoms with van der Waals surface area (Å²) in [6.07, 6.45) is 3.04. The van der Waals surface area contributed by atoms with Crippen molar-refractivity contribution in [2.45, 2.75) is 37.9 Å². The molecular weight excluding hydrogens is 262 g/mol. The molecule has 2 aliphatic rings. The van der Waals surface area contributed by atoms with Crippen LogP contribution in [0.25, 0.3) is 0 Å². The molecule has 0 amide bonds. The minimum atomic E-state index is -0.455. The van der Waals surface area contributed by atoms with E-state index in [1.54, 1.807) is 0 Å². The zero-order chi connectivity index (χ0) is 13.5. The zero-order valence-electron chi connectivity index (χ0n) is 11.2. The Balaban J connectivity index is 1.52. The van der Waals surface area contributed by atoms with Gasteiger partial charge in [-0.15, -0.1) is 0 Å². The monoisotopic (exact) mass is 281 g/mol. The Morgan fingerprint density at radius 1 is 1.47 bits per heavy atom. The minimum absolute atomic E-state index is 0.194. The molecule has 4 heteroatoms. The van der Waals surface area contributed by atoms with Crippen molar-refractivity contribution in [1.29, 1.82) is 0 Å². The van der Waals surface area contributed by atoms with Crippen molar-refractivity contribution in [3.63, 3.8) is 0 Å². The van der Waals surface area contributed by atoms with Crippen molar-refractivity contribution in [3.05, 3.63) is 28.8 Å². The summed E-state index contributed by atoms with van der Waals surface area (Å²) in [6.45, 7) is 4.55. The Labute approximate surface area is 119 Å². The van der Waals surface area contributed by atoms with Crippen LogP contribution in [-0.2, 0) is 6.42 Å². The Kier molecular flexibility index (Phi) is 3.46. The normalized spacial score (nSPS) is 24.7. The van der Waals surface area contributed by atoms with Crippen LogP contribution in [0.15, 0.2) is 18.2 Å². The molecule has 0 aromatic heterocycles. The Morgan fingerprint density at radius 2 is 2.26 bits per heavy atom.